The van der Waals surface area contributed by atoms with Gasteiger partial charge in [0.15, 0.2) is 0 Å². The zero-order valence-electron chi connectivity index (χ0n) is 9.77. The monoisotopic (exact) mass is 305 g/mol. The molecule has 0 saturated carbocycles. The first-order chi connectivity index (χ1) is 8.56. The van der Waals surface area contributed by atoms with Crippen LogP contribution in [0.5, 0.6) is 0 Å². The maximum Gasteiger partial charge on any atom is 0.248 e. The van der Waals surface area contributed by atoms with E-state index in [1.165, 1.54) is 0 Å². The third-order valence-electron chi connectivity index (χ3n) is 2.46. The Kier molecular flexibility index (Phi) is 3.62. The molecule has 2 aromatic rings. The number of benzene rings is 1. The van der Waals surface area contributed by atoms with E-state index in [-0.39, 0.29) is 0 Å². The number of amides is 1. The van der Waals surface area contributed by atoms with Crippen LogP contribution in [-0.2, 0) is 0 Å². The number of hydrogen-bond donors (Lipinski definition) is 2. The van der Waals surface area contributed by atoms with Gasteiger partial charge in [0.2, 0.25) is 5.91 Å². The molecular formula is C13H12BrN3O. The molecule has 0 aliphatic rings. The first-order valence-corrected chi connectivity index (χ1v) is 6.15. The van der Waals surface area contributed by atoms with Gasteiger partial charge in [0.1, 0.15) is 5.82 Å². The predicted molar refractivity (Wildman–Crippen MR) is 74.9 cm³/mol. The van der Waals surface area contributed by atoms with Crippen LogP contribution in [0.4, 0.5) is 11.5 Å². The molecule has 0 aliphatic carbocycles. The number of primary amides is 1. The molecule has 0 spiro atoms. The van der Waals surface area contributed by atoms with Crippen LogP contribution >= 0.6 is 15.9 Å². The summed E-state index contributed by atoms with van der Waals surface area (Å²) >= 11 is 3.40. The number of nitrogens with two attached hydrogens (primary N) is 1. The number of halogens is 1. The van der Waals surface area contributed by atoms with E-state index in [1.807, 2.05) is 19.1 Å². The van der Waals surface area contributed by atoms with Crippen molar-refractivity contribution in [3.05, 3.63) is 52.1 Å². The molecule has 0 unspecified atom stereocenters. The van der Waals surface area contributed by atoms with Crippen molar-refractivity contribution in [3.8, 4) is 0 Å². The molecule has 2 rings (SSSR count). The summed E-state index contributed by atoms with van der Waals surface area (Å²) in [6.07, 6.45) is 0. The van der Waals surface area contributed by atoms with Crippen molar-refractivity contribution >= 4 is 33.3 Å². The fourth-order valence-electron chi connectivity index (χ4n) is 1.48. The molecule has 1 amide bonds. The Morgan fingerprint density at radius 1 is 1.22 bits per heavy atom. The molecule has 0 bridgehead atoms. The van der Waals surface area contributed by atoms with E-state index in [4.69, 9.17) is 5.73 Å². The average molecular weight is 306 g/mol. The molecule has 0 aliphatic heterocycles. The van der Waals surface area contributed by atoms with Crippen molar-refractivity contribution in [1.29, 1.82) is 0 Å². The minimum Gasteiger partial charge on any atom is -0.366 e. The van der Waals surface area contributed by atoms with E-state index in [0.29, 0.717) is 5.56 Å². The highest BCUT2D eigenvalue weighted by Crippen LogP contribution is 2.19. The van der Waals surface area contributed by atoms with Crippen molar-refractivity contribution in [2.75, 3.05) is 5.32 Å². The zero-order chi connectivity index (χ0) is 13.1. The molecule has 1 heterocycles. The van der Waals surface area contributed by atoms with Crippen LogP contribution in [-0.4, -0.2) is 10.9 Å². The zero-order valence-corrected chi connectivity index (χ0v) is 11.4. The average Bonchev–Trinajstić information content (AvgIpc) is 2.34. The Bertz CT molecular complexity index is 581. The van der Waals surface area contributed by atoms with Gasteiger partial charge in [0.05, 0.1) is 5.69 Å². The molecule has 1 aromatic heterocycles. The number of nitrogens with zero attached hydrogens (tertiary/aromatic N) is 1. The van der Waals surface area contributed by atoms with Gasteiger partial charge in [0.25, 0.3) is 0 Å². The van der Waals surface area contributed by atoms with Crippen molar-refractivity contribution in [2.45, 2.75) is 6.92 Å². The second-order valence-electron chi connectivity index (χ2n) is 3.83. The lowest BCUT2D eigenvalue weighted by atomic mass is 10.2. The van der Waals surface area contributed by atoms with Crippen molar-refractivity contribution < 1.29 is 4.79 Å². The highest BCUT2D eigenvalue weighted by atomic mass is 79.9. The minimum absolute atomic E-state index is 0.431. The van der Waals surface area contributed by atoms with Gasteiger partial charge >= 0.3 is 0 Å². The van der Waals surface area contributed by atoms with Gasteiger partial charge < -0.3 is 11.1 Å². The maximum absolute atomic E-state index is 10.9. The summed E-state index contributed by atoms with van der Waals surface area (Å²) in [6, 6.07) is 10.7. The summed E-state index contributed by atoms with van der Waals surface area (Å²) in [5.74, 6) is 0.321. The molecule has 0 radical (unpaired) electrons. The van der Waals surface area contributed by atoms with Crippen LogP contribution in [0.3, 0.4) is 0 Å². The van der Waals surface area contributed by atoms with Crippen molar-refractivity contribution in [2.24, 2.45) is 5.73 Å². The Morgan fingerprint density at radius 3 is 2.44 bits per heavy atom. The number of nitrogens with one attached hydrogen (secondary N) is 1. The standard InChI is InChI=1S/C13H12BrN3O/c1-8-11(14)6-7-12(16-8)17-10-4-2-9(3-5-10)13(15)18/h2-7H,1H3,(H2,15,18)(H,16,17). The smallest absolute Gasteiger partial charge is 0.248 e. The summed E-state index contributed by atoms with van der Waals surface area (Å²) < 4.78 is 0.970. The number of rotatable bonds is 3. The first kappa shape index (κ1) is 12.6. The van der Waals surface area contributed by atoms with E-state index in [2.05, 4.69) is 26.2 Å². The molecular weight excluding hydrogens is 294 g/mol. The number of aryl methyl sites for hydroxylation is 1. The number of carbonyl (C=O) groups excluding carboxylic acids is 1. The molecule has 1 aromatic carbocycles. The summed E-state index contributed by atoms with van der Waals surface area (Å²) in [5, 5.41) is 3.15. The highest BCUT2D eigenvalue weighted by molar-refractivity contribution is 9.10. The Hall–Kier alpha value is -1.88. The van der Waals surface area contributed by atoms with E-state index in [1.54, 1.807) is 24.3 Å². The van der Waals surface area contributed by atoms with Gasteiger partial charge in [-0.3, -0.25) is 4.79 Å². The summed E-state index contributed by atoms with van der Waals surface area (Å²) in [5.41, 5.74) is 7.43. The number of aromatic nitrogens is 1. The Morgan fingerprint density at radius 2 is 1.89 bits per heavy atom. The second kappa shape index (κ2) is 5.18. The lowest BCUT2D eigenvalue weighted by Crippen LogP contribution is -2.10. The molecule has 3 N–H and O–H groups in total. The first-order valence-electron chi connectivity index (χ1n) is 5.36. The van der Waals surface area contributed by atoms with Crippen LogP contribution < -0.4 is 11.1 Å². The normalized spacial score (nSPS) is 10.1. The largest absolute Gasteiger partial charge is 0.366 e. The molecule has 5 heteroatoms. The van der Waals surface area contributed by atoms with E-state index >= 15 is 0 Å². The Labute approximate surface area is 113 Å². The third kappa shape index (κ3) is 2.87. The van der Waals surface area contributed by atoms with Crippen LogP contribution in [0.25, 0.3) is 0 Å². The second-order valence-corrected chi connectivity index (χ2v) is 4.68. The topological polar surface area (TPSA) is 68.0 Å². The van der Waals surface area contributed by atoms with Crippen LogP contribution in [0.2, 0.25) is 0 Å². The van der Waals surface area contributed by atoms with Crippen molar-refractivity contribution in [3.63, 3.8) is 0 Å². The van der Waals surface area contributed by atoms with Gasteiger partial charge in [-0.1, -0.05) is 0 Å². The summed E-state index contributed by atoms with van der Waals surface area (Å²) in [6.45, 7) is 1.92. The van der Waals surface area contributed by atoms with Gasteiger partial charge in [-0.25, -0.2) is 4.98 Å². The minimum atomic E-state index is -0.431. The summed E-state index contributed by atoms with van der Waals surface area (Å²) in [4.78, 5) is 15.3. The van der Waals surface area contributed by atoms with E-state index in [9.17, 15) is 4.79 Å². The third-order valence-corrected chi connectivity index (χ3v) is 3.30. The summed E-state index contributed by atoms with van der Waals surface area (Å²) in [7, 11) is 0. The molecule has 92 valence electrons. The SMILES string of the molecule is Cc1nc(Nc2ccc(C(N)=O)cc2)ccc1Br. The van der Waals surface area contributed by atoms with E-state index in [0.717, 1.165) is 21.7 Å². The number of anilines is 2. The molecule has 4 nitrogen and oxygen atoms in total. The lowest BCUT2D eigenvalue weighted by Gasteiger charge is -2.07. The molecule has 0 saturated heterocycles. The molecule has 0 atom stereocenters. The van der Waals surface area contributed by atoms with Crippen LogP contribution in [0, 0.1) is 6.92 Å². The van der Waals surface area contributed by atoms with Gasteiger partial charge in [-0.2, -0.15) is 0 Å². The fraction of sp³-hybridized carbons (Fsp3) is 0.0769. The van der Waals surface area contributed by atoms with E-state index < -0.39 is 5.91 Å². The fourth-order valence-corrected chi connectivity index (χ4v) is 1.70. The van der Waals surface area contributed by atoms with Gasteiger partial charge in [-0.05, 0) is 59.3 Å². The number of hydrogen-bond acceptors (Lipinski definition) is 3. The number of carbonyl (C=O) groups is 1. The maximum atomic E-state index is 10.9. The molecule has 18 heavy (non-hydrogen) atoms. The lowest BCUT2D eigenvalue weighted by molar-refractivity contribution is 0.100. The predicted octanol–water partition coefficient (Wildman–Crippen LogP) is 3.00. The quantitative estimate of drug-likeness (QED) is 0.916. The van der Waals surface area contributed by atoms with Gasteiger partial charge in [-0.15, -0.1) is 0 Å². The van der Waals surface area contributed by atoms with Gasteiger partial charge in [0, 0.05) is 15.7 Å². The van der Waals surface area contributed by atoms with Crippen LogP contribution in [0.1, 0.15) is 16.1 Å². The number of pyridine rings is 1. The van der Waals surface area contributed by atoms with Crippen LogP contribution in [0.15, 0.2) is 40.9 Å². The van der Waals surface area contributed by atoms with Crippen molar-refractivity contribution in [1.82, 2.24) is 4.98 Å². The highest BCUT2D eigenvalue weighted by Gasteiger charge is 2.02. The Balaban J connectivity index is 2.18. The molecule has 0 fully saturated rings.